The molecular weight excluding hydrogens is 210 g/mol. The molecule has 4 heteroatoms. The number of rotatable bonds is 3. The van der Waals surface area contributed by atoms with Crippen molar-refractivity contribution in [3.63, 3.8) is 0 Å². The van der Waals surface area contributed by atoms with Crippen molar-refractivity contribution in [3.8, 4) is 0 Å². The molecule has 0 aliphatic carbocycles. The molecule has 0 unspecified atom stereocenters. The van der Waals surface area contributed by atoms with E-state index in [0.29, 0.717) is 13.1 Å². The molecule has 0 bridgehead atoms. The number of carbonyl (C=O) groups is 1. The average Bonchev–Trinajstić information content (AvgIpc) is 2.12. The lowest BCUT2D eigenvalue weighted by Gasteiger charge is -2.35. The van der Waals surface area contributed by atoms with Gasteiger partial charge in [0.15, 0.2) is 0 Å². The minimum absolute atomic E-state index is 0.179. The van der Waals surface area contributed by atoms with Crippen LogP contribution in [0.15, 0.2) is 29.2 Å². The van der Waals surface area contributed by atoms with Gasteiger partial charge in [-0.1, -0.05) is 18.2 Å². The number of carboxylic acids is 1. The van der Waals surface area contributed by atoms with Gasteiger partial charge in [0.1, 0.15) is 0 Å². The summed E-state index contributed by atoms with van der Waals surface area (Å²) in [6.45, 7) is 3.36. The van der Waals surface area contributed by atoms with Crippen molar-refractivity contribution in [2.75, 3.05) is 13.1 Å². The van der Waals surface area contributed by atoms with Gasteiger partial charge >= 0.3 is 5.97 Å². The Kier molecular flexibility index (Phi) is 2.98. The minimum Gasteiger partial charge on any atom is -0.481 e. The Labute approximate surface area is 93.2 Å². The van der Waals surface area contributed by atoms with Crippen molar-refractivity contribution in [1.29, 1.82) is 0 Å². The van der Waals surface area contributed by atoms with Crippen molar-refractivity contribution >= 4 is 17.9 Å². The molecule has 0 amide bonds. The maximum absolute atomic E-state index is 10.6. The van der Waals surface area contributed by atoms with E-state index in [9.17, 15) is 4.79 Å². The third-order valence-corrected chi connectivity index (χ3v) is 3.73. The Balaban J connectivity index is 1.90. The van der Waals surface area contributed by atoms with Crippen molar-refractivity contribution < 1.29 is 9.90 Å². The second-order valence-corrected chi connectivity index (χ2v) is 4.88. The summed E-state index contributed by atoms with van der Waals surface area (Å²) < 4.78 is 2.08. The maximum Gasteiger partial charge on any atom is 0.309 e. The molecule has 2 rings (SSSR count). The van der Waals surface area contributed by atoms with Crippen LogP contribution in [0.4, 0.5) is 0 Å². The third-order valence-electron chi connectivity index (χ3n) is 2.52. The summed E-state index contributed by atoms with van der Waals surface area (Å²) >= 11 is 1.65. The predicted molar refractivity (Wildman–Crippen MR) is 59.7 cm³/mol. The van der Waals surface area contributed by atoms with Crippen LogP contribution in [-0.2, 0) is 4.79 Å². The predicted octanol–water partition coefficient (Wildman–Crippen LogP) is 2.02. The zero-order chi connectivity index (χ0) is 10.8. The molecule has 1 heterocycles. The molecule has 3 nitrogen and oxygen atoms in total. The highest BCUT2D eigenvalue weighted by atomic mass is 32.2. The molecule has 1 aliphatic rings. The molecule has 1 N–H and O–H groups in total. The SMILES string of the molecule is Cc1ccccc1SN1CC(C(=O)O)C1. The lowest BCUT2D eigenvalue weighted by Crippen LogP contribution is -2.46. The Bertz CT molecular complexity index is 375. The number of carboxylic acid groups (broad SMARTS) is 1. The van der Waals surface area contributed by atoms with Gasteiger partial charge in [-0.25, -0.2) is 4.31 Å². The van der Waals surface area contributed by atoms with E-state index in [-0.39, 0.29) is 5.92 Å². The molecule has 1 aromatic rings. The van der Waals surface area contributed by atoms with Gasteiger partial charge in [-0.2, -0.15) is 0 Å². The number of nitrogens with zero attached hydrogens (tertiary/aromatic N) is 1. The first kappa shape index (κ1) is 10.5. The van der Waals surface area contributed by atoms with Crippen LogP contribution in [0.1, 0.15) is 5.56 Å². The van der Waals surface area contributed by atoms with Crippen LogP contribution >= 0.6 is 11.9 Å². The molecular formula is C11H13NO2S. The van der Waals surface area contributed by atoms with Gasteiger partial charge in [0, 0.05) is 18.0 Å². The maximum atomic E-state index is 10.6. The molecule has 1 saturated heterocycles. The van der Waals surface area contributed by atoms with Crippen LogP contribution in [0.2, 0.25) is 0 Å². The zero-order valence-corrected chi connectivity index (χ0v) is 9.33. The van der Waals surface area contributed by atoms with Gasteiger partial charge < -0.3 is 5.11 Å². The van der Waals surface area contributed by atoms with Crippen LogP contribution in [0.25, 0.3) is 0 Å². The highest BCUT2D eigenvalue weighted by Crippen LogP contribution is 2.31. The third kappa shape index (κ3) is 2.33. The lowest BCUT2D eigenvalue weighted by atomic mass is 10.0. The van der Waals surface area contributed by atoms with E-state index >= 15 is 0 Å². The zero-order valence-electron chi connectivity index (χ0n) is 8.51. The van der Waals surface area contributed by atoms with Crippen LogP contribution in [0.5, 0.6) is 0 Å². The largest absolute Gasteiger partial charge is 0.481 e. The van der Waals surface area contributed by atoms with Gasteiger partial charge in [-0.3, -0.25) is 4.79 Å². The van der Waals surface area contributed by atoms with E-state index in [2.05, 4.69) is 23.4 Å². The van der Waals surface area contributed by atoms with Gasteiger partial charge in [-0.05, 0) is 30.5 Å². The first-order chi connectivity index (χ1) is 7.16. The summed E-state index contributed by atoms with van der Waals surface area (Å²) in [5, 5.41) is 8.74. The second kappa shape index (κ2) is 4.24. The standard InChI is InChI=1S/C11H13NO2S/c1-8-4-2-3-5-10(8)15-12-6-9(7-12)11(13)14/h2-5,9H,6-7H2,1H3,(H,13,14). The topological polar surface area (TPSA) is 40.5 Å². The highest BCUT2D eigenvalue weighted by molar-refractivity contribution is 7.97. The Hall–Kier alpha value is -1.00. The number of hydrogen-bond donors (Lipinski definition) is 1. The average molecular weight is 223 g/mol. The molecule has 15 heavy (non-hydrogen) atoms. The molecule has 0 radical (unpaired) electrons. The summed E-state index contributed by atoms with van der Waals surface area (Å²) in [5.74, 6) is -0.863. The van der Waals surface area contributed by atoms with Crippen LogP contribution in [0.3, 0.4) is 0 Å². The molecule has 80 valence electrons. The van der Waals surface area contributed by atoms with E-state index in [4.69, 9.17) is 5.11 Å². The van der Waals surface area contributed by atoms with Gasteiger partial charge in [0.25, 0.3) is 0 Å². The molecule has 0 saturated carbocycles. The molecule has 0 aromatic heterocycles. The van der Waals surface area contributed by atoms with E-state index < -0.39 is 5.97 Å². The first-order valence-corrected chi connectivity index (χ1v) is 5.65. The monoisotopic (exact) mass is 223 g/mol. The fourth-order valence-corrected chi connectivity index (χ4v) is 2.61. The van der Waals surface area contributed by atoms with Crippen molar-refractivity contribution in [2.24, 2.45) is 5.92 Å². The molecule has 1 fully saturated rings. The number of hydrogen-bond acceptors (Lipinski definition) is 3. The fraction of sp³-hybridized carbons (Fsp3) is 0.364. The molecule has 0 spiro atoms. The van der Waals surface area contributed by atoms with Crippen LogP contribution in [0, 0.1) is 12.8 Å². The van der Waals surface area contributed by atoms with Gasteiger partial charge in [0.05, 0.1) is 5.92 Å². The number of aryl methyl sites for hydroxylation is 1. The van der Waals surface area contributed by atoms with Gasteiger partial charge in [0.2, 0.25) is 0 Å². The van der Waals surface area contributed by atoms with Crippen LogP contribution in [-0.4, -0.2) is 28.5 Å². The van der Waals surface area contributed by atoms with E-state index in [1.54, 1.807) is 11.9 Å². The van der Waals surface area contributed by atoms with Crippen molar-refractivity contribution in [3.05, 3.63) is 29.8 Å². The fourth-order valence-electron chi connectivity index (χ4n) is 1.47. The van der Waals surface area contributed by atoms with Gasteiger partial charge in [-0.15, -0.1) is 0 Å². The minimum atomic E-state index is -0.684. The summed E-state index contributed by atoms with van der Waals surface area (Å²) in [5.41, 5.74) is 1.24. The Morgan fingerprint density at radius 2 is 2.13 bits per heavy atom. The highest BCUT2D eigenvalue weighted by Gasteiger charge is 2.33. The number of aliphatic carboxylic acids is 1. The number of benzene rings is 1. The summed E-state index contributed by atoms with van der Waals surface area (Å²) in [6, 6.07) is 8.14. The Morgan fingerprint density at radius 1 is 1.47 bits per heavy atom. The quantitative estimate of drug-likeness (QED) is 0.796. The second-order valence-electron chi connectivity index (χ2n) is 3.74. The summed E-state index contributed by atoms with van der Waals surface area (Å²) in [7, 11) is 0. The van der Waals surface area contributed by atoms with Crippen molar-refractivity contribution in [1.82, 2.24) is 4.31 Å². The Morgan fingerprint density at radius 3 is 2.73 bits per heavy atom. The molecule has 1 aromatic carbocycles. The first-order valence-electron chi connectivity index (χ1n) is 4.88. The van der Waals surface area contributed by atoms with E-state index in [1.165, 1.54) is 10.5 Å². The molecule has 0 atom stereocenters. The normalized spacial score (nSPS) is 17.4. The lowest BCUT2D eigenvalue weighted by molar-refractivity contribution is -0.145. The summed E-state index contributed by atoms with van der Waals surface area (Å²) in [6.07, 6.45) is 0. The van der Waals surface area contributed by atoms with Crippen molar-refractivity contribution in [2.45, 2.75) is 11.8 Å². The van der Waals surface area contributed by atoms with E-state index in [1.807, 2.05) is 12.1 Å². The smallest absolute Gasteiger partial charge is 0.309 e. The van der Waals surface area contributed by atoms with Crippen LogP contribution < -0.4 is 0 Å². The van der Waals surface area contributed by atoms with E-state index in [0.717, 1.165) is 0 Å². The molecule has 1 aliphatic heterocycles. The summed E-state index contributed by atoms with van der Waals surface area (Å²) in [4.78, 5) is 11.8.